The van der Waals surface area contributed by atoms with Crippen LogP contribution in [0.3, 0.4) is 0 Å². The summed E-state index contributed by atoms with van der Waals surface area (Å²) >= 11 is 0. The van der Waals surface area contributed by atoms with E-state index in [9.17, 15) is 0 Å². The van der Waals surface area contributed by atoms with Crippen molar-refractivity contribution < 1.29 is 4.74 Å². The van der Waals surface area contributed by atoms with Gasteiger partial charge < -0.3 is 23.0 Å². The molecule has 0 amide bonds. The molecule has 6 aromatic carbocycles. The molecule has 0 aliphatic rings. The Kier molecular flexibility index (Phi) is 7.49. The number of aromatic nitrogens is 8. The van der Waals surface area contributed by atoms with Gasteiger partial charge in [0.15, 0.2) is 0 Å². The van der Waals surface area contributed by atoms with Gasteiger partial charge in [0.1, 0.15) is 11.5 Å². The molecule has 304 valence electrons. The molecule has 9 heteroatoms. The number of nitrogens with zero attached hydrogens (tertiary/aromatic N) is 8. The number of para-hydroxylation sites is 2. The van der Waals surface area contributed by atoms with E-state index in [4.69, 9.17) is 24.7 Å². The van der Waals surface area contributed by atoms with E-state index in [1.165, 1.54) is 0 Å². The van der Waals surface area contributed by atoms with Crippen LogP contribution in [0, 0.1) is 0 Å². The van der Waals surface area contributed by atoms with Crippen molar-refractivity contribution in [1.82, 2.24) is 38.2 Å². The van der Waals surface area contributed by atoms with Crippen molar-refractivity contribution >= 4 is 87.7 Å². The fraction of sp³-hybridized carbons (Fsp3) is 0. The van der Waals surface area contributed by atoms with Crippen LogP contribution in [0.2, 0.25) is 0 Å². The minimum Gasteiger partial charge on any atom is -0.457 e. The highest BCUT2D eigenvalue weighted by Gasteiger charge is 2.21. The van der Waals surface area contributed by atoms with Crippen LogP contribution >= 0.6 is 0 Å². The standard InChI is InChI=1S/C56H34N8O/c1-3-11-35(12-4-1)61-45-23-19-37(31-41(45)53-49(61)15-7-27-57-53)63-47-25-21-39(33-43(47)55-51(63)17-9-29-59-55)65-40-22-26-48-44(34-40)56-52(18-10-30-60-56)64(48)38-20-24-46-42(32-38)54-50(16-8-28-58-54)62(46)36-13-5-2-6-14-36/h1-34H. The third-order valence-corrected chi connectivity index (χ3v) is 12.8. The second-order valence-corrected chi connectivity index (χ2v) is 16.4. The Labute approximate surface area is 370 Å². The molecular weight excluding hydrogens is 801 g/mol. The maximum absolute atomic E-state index is 6.73. The van der Waals surface area contributed by atoms with Crippen LogP contribution < -0.4 is 4.74 Å². The zero-order valence-electron chi connectivity index (χ0n) is 34.6. The van der Waals surface area contributed by atoms with Crippen LogP contribution in [0.4, 0.5) is 0 Å². The Balaban J connectivity index is 0.868. The van der Waals surface area contributed by atoms with Gasteiger partial charge in [-0.1, -0.05) is 36.4 Å². The maximum atomic E-state index is 6.73. The lowest BCUT2D eigenvalue weighted by Gasteiger charge is -2.11. The van der Waals surface area contributed by atoms with E-state index < -0.39 is 0 Å². The van der Waals surface area contributed by atoms with Crippen molar-refractivity contribution in [3.8, 4) is 34.2 Å². The molecule has 9 nitrogen and oxygen atoms in total. The molecule has 0 saturated carbocycles. The van der Waals surface area contributed by atoms with Crippen molar-refractivity contribution in [2.75, 3.05) is 0 Å². The van der Waals surface area contributed by atoms with Gasteiger partial charge in [0.05, 0.1) is 66.2 Å². The third kappa shape index (κ3) is 5.26. The molecule has 14 rings (SSSR count). The summed E-state index contributed by atoms with van der Waals surface area (Å²) in [7, 11) is 0. The number of ether oxygens (including phenoxy) is 1. The van der Waals surface area contributed by atoms with Gasteiger partial charge in [-0.05, 0) is 146 Å². The van der Waals surface area contributed by atoms with Gasteiger partial charge in [-0.3, -0.25) is 19.9 Å². The zero-order chi connectivity index (χ0) is 42.6. The van der Waals surface area contributed by atoms with Crippen LogP contribution in [-0.2, 0) is 0 Å². The SMILES string of the molecule is c1ccc(-n2c3ccc(-n4c5ccc(Oc6ccc7c(c6)c6ncccc6n7-c6ccc7c(c6)c6ncccc6n7-c6ccccc6)cc5c5ncccc54)cc3c3ncccc32)cc1. The second kappa shape index (κ2) is 13.7. The van der Waals surface area contributed by atoms with Gasteiger partial charge >= 0.3 is 0 Å². The average molecular weight is 835 g/mol. The van der Waals surface area contributed by atoms with Crippen molar-refractivity contribution in [1.29, 1.82) is 0 Å². The van der Waals surface area contributed by atoms with Crippen molar-refractivity contribution in [2.45, 2.75) is 0 Å². The predicted molar refractivity (Wildman–Crippen MR) is 261 cm³/mol. The molecular formula is C56H34N8O. The number of rotatable bonds is 6. The van der Waals surface area contributed by atoms with Crippen LogP contribution in [0.25, 0.3) is 110 Å². The van der Waals surface area contributed by atoms with Crippen LogP contribution in [-0.4, -0.2) is 38.2 Å². The number of hydrogen-bond donors (Lipinski definition) is 0. The summed E-state index contributed by atoms with van der Waals surface area (Å²) in [6.45, 7) is 0. The Bertz CT molecular complexity index is 3950. The lowest BCUT2D eigenvalue weighted by molar-refractivity contribution is 0.484. The largest absolute Gasteiger partial charge is 0.457 e. The second-order valence-electron chi connectivity index (χ2n) is 16.4. The van der Waals surface area contributed by atoms with Crippen LogP contribution in [0.1, 0.15) is 0 Å². The Morgan fingerprint density at radius 2 is 0.585 bits per heavy atom. The Hall–Kier alpha value is -9.08. The normalized spacial score (nSPS) is 12.0. The molecule has 0 fully saturated rings. The third-order valence-electron chi connectivity index (χ3n) is 12.8. The highest BCUT2D eigenvalue weighted by molar-refractivity contribution is 6.12. The summed E-state index contributed by atoms with van der Waals surface area (Å²) in [6, 6.07) is 63.3. The van der Waals surface area contributed by atoms with E-state index in [1.807, 2.05) is 73.3 Å². The van der Waals surface area contributed by atoms with Crippen molar-refractivity contribution in [3.05, 3.63) is 207 Å². The first-order chi connectivity index (χ1) is 32.2. The fourth-order valence-electron chi connectivity index (χ4n) is 10.1. The van der Waals surface area contributed by atoms with E-state index >= 15 is 0 Å². The maximum Gasteiger partial charge on any atom is 0.128 e. The quantitative estimate of drug-likeness (QED) is 0.167. The minimum absolute atomic E-state index is 0.719. The van der Waals surface area contributed by atoms with E-state index in [-0.39, 0.29) is 0 Å². The van der Waals surface area contributed by atoms with Crippen molar-refractivity contribution in [3.63, 3.8) is 0 Å². The molecule has 0 atom stereocenters. The summed E-state index contributed by atoms with van der Waals surface area (Å²) in [5, 5.41) is 4.17. The van der Waals surface area contributed by atoms with Gasteiger partial charge in [-0.2, -0.15) is 0 Å². The van der Waals surface area contributed by atoms with E-state index in [1.54, 1.807) is 0 Å². The molecule has 0 radical (unpaired) electrons. The average Bonchev–Trinajstić information content (AvgIpc) is 4.09. The van der Waals surface area contributed by atoms with Gasteiger partial charge in [-0.25, -0.2) is 0 Å². The molecule has 0 bridgehead atoms. The summed E-state index contributed by atoms with van der Waals surface area (Å²) in [6.07, 6.45) is 7.44. The van der Waals surface area contributed by atoms with Gasteiger partial charge in [0.25, 0.3) is 0 Å². The van der Waals surface area contributed by atoms with Crippen LogP contribution in [0.15, 0.2) is 207 Å². The predicted octanol–water partition coefficient (Wildman–Crippen LogP) is 13.4. The molecule has 65 heavy (non-hydrogen) atoms. The number of pyridine rings is 4. The topological polar surface area (TPSA) is 80.5 Å². The van der Waals surface area contributed by atoms with E-state index in [2.05, 4.69) is 152 Å². The smallest absolute Gasteiger partial charge is 0.128 e. The molecule has 0 N–H and O–H groups in total. The first kappa shape index (κ1) is 35.5. The lowest BCUT2D eigenvalue weighted by Crippen LogP contribution is -1.96. The number of fused-ring (bicyclic) bond motifs is 12. The summed E-state index contributed by atoms with van der Waals surface area (Å²) < 4.78 is 15.9. The van der Waals surface area contributed by atoms with Crippen LogP contribution in [0.5, 0.6) is 11.5 Å². The Morgan fingerprint density at radius 3 is 0.954 bits per heavy atom. The molecule has 8 aromatic heterocycles. The first-order valence-electron chi connectivity index (χ1n) is 21.6. The molecule has 0 saturated heterocycles. The molecule has 8 heterocycles. The Morgan fingerprint density at radius 1 is 0.262 bits per heavy atom. The zero-order valence-corrected chi connectivity index (χ0v) is 34.6. The minimum atomic E-state index is 0.719. The highest BCUT2D eigenvalue weighted by atomic mass is 16.5. The molecule has 14 aromatic rings. The van der Waals surface area contributed by atoms with Crippen molar-refractivity contribution in [2.24, 2.45) is 0 Å². The number of benzene rings is 6. The van der Waals surface area contributed by atoms with E-state index in [0.717, 1.165) is 122 Å². The number of hydrogen-bond acceptors (Lipinski definition) is 5. The van der Waals surface area contributed by atoms with E-state index in [0.29, 0.717) is 0 Å². The molecule has 0 aliphatic heterocycles. The highest BCUT2D eigenvalue weighted by Crippen LogP contribution is 2.40. The molecule has 0 spiro atoms. The lowest BCUT2D eigenvalue weighted by atomic mass is 10.2. The fourth-order valence-corrected chi connectivity index (χ4v) is 10.1. The molecule has 0 unspecified atom stereocenters. The first-order valence-corrected chi connectivity index (χ1v) is 21.6. The summed E-state index contributed by atoms with van der Waals surface area (Å²) in [5.41, 5.74) is 16.4. The summed E-state index contributed by atoms with van der Waals surface area (Å²) in [5.74, 6) is 1.44. The van der Waals surface area contributed by atoms with Gasteiger partial charge in [-0.15, -0.1) is 0 Å². The van der Waals surface area contributed by atoms with Gasteiger partial charge in [0.2, 0.25) is 0 Å². The monoisotopic (exact) mass is 834 g/mol. The van der Waals surface area contributed by atoms with Gasteiger partial charge in [0, 0.05) is 69.1 Å². The summed E-state index contributed by atoms with van der Waals surface area (Å²) in [4.78, 5) is 19.6. The molecule has 0 aliphatic carbocycles.